The molecule has 2 aliphatic rings. The maximum Gasteiger partial charge on any atom is 0.223 e. The fraction of sp³-hybridized carbons (Fsp3) is 0.667. The molecule has 3 heterocycles. The summed E-state index contributed by atoms with van der Waals surface area (Å²) in [4.78, 5) is 19.1. The first kappa shape index (κ1) is 16.2. The standard InChI is InChI=1S/C18H28N4O/c1-14(16-12-19-13-16)18(23)21-11-15-6-7-17(20-10-15)22-8-4-2-3-5-9-22/h6-7,10,14,16,19H,2-5,8-9,11-13H2,1H3,(H,21,23). The lowest BCUT2D eigenvalue weighted by molar-refractivity contribution is -0.126. The summed E-state index contributed by atoms with van der Waals surface area (Å²) in [6, 6.07) is 4.18. The molecular weight excluding hydrogens is 288 g/mol. The van der Waals surface area contributed by atoms with E-state index in [2.05, 4.69) is 32.7 Å². The lowest BCUT2D eigenvalue weighted by Gasteiger charge is -2.31. The van der Waals surface area contributed by atoms with Gasteiger partial charge in [-0.3, -0.25) is 4.79 Å². The van der Waals surface area contributed by atoms with Crippen LogP contribution < -0.4 is 15.5 Å². The second-order valence-electron chi connectivity index (χ2n) is 6.85. The zero-order valence-electron chi connectivity index (χ0n) is 14.1. The first-order chi connectivity index (χ1) is 11.2. The van der Waals surface area contributed by atoms with Crippen LogP contribution in [0.3, 0.4) is 0 Å². The van der Waals surface area contributed by atoms with E-state index in [1.165, 1.54) is 25.7 Å². The topological polar surface area (TPSA) is 57.3 Å². The van der Waals surface area contributed by atoms with Gasteiger partial charge in [-0.05, 0) is 43.5 Å². The summed E-state index contributed by atoms with van der Waals surface area (Å²) in [5, 5.41) is 6.25. The molecule has 0 radical (unpaired) electrons. The molecule has 0 aromatic carbocycles. The highest BCUT2D eigenvalue weighted by Crippen LogP contribution is 2.18. The molecule has 23 heavy (non-hydrogen) atoms. The average Bonchev–Trinajstić information content (AvgIpc) is 2.80. The molecule has 2 aliphatic heterocycles. The number of aromatic nitrogens is 1. The van der Waals surface area contributed by atoms with Crippen LogP contribution in [0.15, 0.2) is 18.3 Å². The fourth-order valence-corrected chi connectivity index (χ4v) is 3.24. The number of rotatable bonds is 5. The Bertz CT molecular complexity index is 504. The van der Waals surface area contributed by atoms with Crippen molar-refractivity contribution in [1.82, 2.24) is 15.6 Å². The van der Waals surface area contributed by atoms with Crippen molar-refractivity contribution >= 4 is 11.7 Å². The van der Waals surface area contributed by atoms with Crippen LogP contribution in [0, 0.1) is 11.8 Å². The second kappa shape index (κ2) is 7.77. The lowest BCUT2D eigenvalue weighted by atomic mass is 9.88. The second-order valence-corrected chi connectivity index (χ2v) is 6.85. The van der Waals surface area contributed by atoms with E-state index >= 15 is 0 Å². The van der Waals surface area contributed by atoms with Crippen molar-refractivity contribution in [3.05, 3.63) is 23.9 Å². The van der Waals surface area contributed by atoms with Crippen LogP contribution in [0.2, 0.25) is 0 Å². The van der Waals surface area contributed by atoms with Gasteiger partial charge in [0.15, 0.2) is 0 Å². The number of carbonyl (C=O) groups excluding carboxylic acids is 1. The predicted octanol–water partition coefficient (Wildman–Crippen LogP) is 1.93. The smallest absolute Gasteiger partial charge is 0.223 e. The molecule has 126 valence electrons. The van der Waals surface area contributed by atoms with Crippen LogP contribution in [0.4, 0.5) is 5.82 Å². The molecule has 2 saturated heterocycles. The van der Waals surface area contributed by atoms with Crippen LogP contribution in [0.25, 0.3) is 0 Å². The van der Waals surface area contributed by atoms with Crippen molar-refractivity contribution in [2.24, 2.45) is 11.8 Å². The highest BCUT2D eigenvalue weighted by atomic mass is 16.1. The molecule has 2 fully saturated rings. The van der Waals surface area contributed by atoms with Crippen LogP contribution in [0.5, 0.6) is 0 Å². The molecule has 1 aromatic heterocycles. The summed E-state index contributed by atoms with van der Waals surface area (Å²) in [6.07, 6.45) is 7.07. The van der Waals surface area contributed by atoms with E-state index in [-0.39, 0.29) is 11.8 Å². The van der Waals surface area contributed by atoms with Gasteiger partial charge in [0.2, 0.25) is 5.91 Å². The number of nitrogens with one attached hydrogen (secondary N) is 2. The molecule has 1 amide bonds. The molecule has 1 aromatic rings. The Balaban J connectivity index is 1.49. The van der Waals surface area contributed by atoms with Crippen LogP contribution in [0.1, 0.15) is 38.2 Å². The van der Waals surface area contributed by atoms with Gasteiger partial charge in [0.1, 0.15) is 5.82 Å². The van der Waals surface area contributed by atoms with Crippen LogP contribution in [-0.2, 0) is 11.3 Å². The largest absolute Gasteiger partial charge is 0.357 e. The Kier molecular flexibility index (Phi) is 5.49. The SMILES string of the molecule is CC(C(=O)NCc1ccc(N2CCCCCC2)nc1)C1CNC1. The van der Waals surface area contributed by atoms with E-state index < -0.39 is 0 Å². The summed E-state index contributed by atoms with van der Waals surface area (Å²) in [6.45, 7) is 6.71. The minimum absolute atomic E-state index is 0.0839. The molecule has 0 aliphatic carbocycles. The number of carbonyl (C=O) groups is 1. The number of anilines is 1. The number of nitrogens with zero attached hydrogens (tertiary/aromatic N) is 2. The number of amides is 1. The number of hydrogen-bond acceptors (Lipinski definition) is 4. The summed E-state index contributed by atoms with van der Waals surface area (Å²) in [5.41, 5.74) is 1.07. The Morgan fingerprint density at radius 2 is 2.04 bits per heavy atom. The van der Waals surface area contributed by atoms with Crippen molar-refractivity contribution in [1.29, 1.82) is 0 Å². The molecular formula is C18H28N4O. The molecule has 1 unspecified atom stereocenters. The molecule has 1 atom stereocenters. The highest BCUT2D eigenvalue weighted by molar-refractivity contribution is 5.78. The summed E-state index contributed by atoms with van der Waals surface area (Å²) in [5.74, 6) is 1.78. The van der Waals surface area contributed by atoms with Crippen molar-refractivity contribution in [2.75, 3.05) is 31.1 Å². The third kappa shape index (κ3) is 4.22. The van der Waals surface area contributed by atoms with E-state index in [1.54, 1.807) is 0 Å². The molecule has 5 nitrogen and oxygen atoms in total. The van der Waals surface area contributed by atoms with E-state index in [1.807, 2.05) is 13.1 Å². The van der Waals surface area contributed by atoms with Gasteiger partial charge in [-0.2, -0.15) is 0 Å². The minimum Gasteiger partial charge on any atom is -0.357 e. The monoisotopic (exact) mass is 316 g/mol. The summed E-state index contributed by atoms with van der Waals surface area (Å²) in [7, 11) is 0. The fourth-order valence-electron chi connectivity index (χ4n) is 3.24. The van der Waals surface area contributed by atoms with Gasteiger partial charge in [0.05, 0.1) is 0 Å². The van der Waals surface area contributed by atoms with Gasteiger partial charge in [0, 0.05) is 31.7 Å². The molecule has 0 bridgehead atoms. The van der Waals surface area contributed by atoms with E-state index in [0.29, 0.717) is 12.5 Å². The maximum absolute atomic E-state index is 12.1. The summed E-state index contributed by atoms with van der Waals surface area (Å²) >= 11 is 0. The van der Waals surface area contributed by atoms with Gasteiger partial charge >= 0.3 is 0 Å². The van der Waals surface area contributed by atoms with E-state index in [9.17, 15) is 4.79 Å². The van der Waals surface area contributed by atoms with Crippen LogP contribution >= 0.6 is 0 Å². The highest BCUT2D eigenvalue weighted by Gasteiger charge is 2.28. The van der Waals surface area contributed by atoms with E-state index in [4.69, 9.17) is 0 Å². The van der Waals surface area contributed by atoms with Crippen LogP contribution in [-0.4, -0.2) is 37.1 Å². The molecule has 2 N–H and O–H groups in total. The van der Waals surface area contributed by atoms with E-state index in [0.717, 1.165) is 37.6 Å². The summed E-state index contributed by atoms with van der Waals surface area (Å²) < 4.78 is 0. The number of pyridine rings is 1. The first-order valence-corrected chi connectivity index (χ1v) is 8.92. The van der Waals surface area contributed by atoms with Gasteiger partial charge in [-0.1, -0.05) is 25.8 Å². The van der Waals surface area contributed by atoms with Gasteiger partial charge < -0.3 is 15.5 Å². The van der Waals surface area contributed by atoms with Crippen molar-refractivity contribution in [3.63, 3.8) is 0 Å². The van der Waals surface area contributed by atoms with Gasteiger partial charge in [-0.15, -0.1) is 0 Å². The molecule has 0 saturated carbocycles. The molecule has 3 rings (SSSR count). The lowest BCUT2D eigenvalue weighted by Crippen LogP contribution is -2.49. The Morgan fingerprint density at radius 3 is 2.61 bits per heavy atom. The first-order valence-electron chi connectivity index (χ1n) is 8.92. The van der Waals surface area contributed by atoms with Gasteiger partial charge in [0.25, 0.3) is 0 Å². The van der Waals surface area contributed by atoms with Crippen molar-refractivity contribution in [2.45, 2.75) is 39.2 Å². The zero-order chi connectivity index (χ0) is 16.1. The quantitative estimate of drug-likeness (QED) is 0.871. The Morgan fingerprint density at radius 1 is 1.30 bits per heavy atom. The van der Waals surface area contributed by atoms with Crippen molar-refractivity contribution < 1.29 is 4.79 Å². The zero-order valence-corrected chi connectivity index (χ0v) is 14.1. The normalized spacial score (nSPS) is 20.5. The predicted molar refractivity (Wildman–Crippen MR) is 92.3 cm³/mol. The van der Waals surface area contributed by atoms with Crippen molar-refractivity contribution in [3.8, 4) is 0 Å². The maximum atomic E-state index is 12.1. The third-order valence-corrected chi connectivity index (χ3v) is 5.14. The third-order valence-electron chi connectivity index (χ3n) is 5.14. The Labute approximate surface area is 138 Å². The number of hydrogen-bond donors (Lipinski definition) is 2. The Hall–Kier alpha value is -1.62. The average molecular weight is 316 g/mol. The molecule has 5 heteroatoms. The molecule has 0 spiro atoms. The minimum atomic E-state index is 0.0839. The van der Waals surface area contributed by atoms with Gasteiger partial charge in [-0.25, -0.2) is 4.98 Å².